The first-order chi connectivity index (χ1) is 12.3. The monoisotopic (exact) mass is 370 g/mol. The van der Waals surface area contributed by atoms with Crippen molar-refractivity contribution in [2.24, 2.45) is 0 Å². The fraction of sp³-hybridized carbons (Fsp3) is 0.389. The van der Waals surface area contributed by atoms with E-state index in [9.17, 15) is 18.0 Å². The molecule has 0 atom stereocenters. The predicted octanol–water partition coefficient (Wildman–Crippen LogP) is 3.94. The van der Waals surface area contributed by atoms with Gasteiger partial charge in [-0.1, -0.05) is 30.3 Å². The summed E-state index contributed by atoms with van der Waals surface area (Å²) in [6.45, 7) is 1.42. The second-order valence-corrected chi connectivity index (χ2v) is 5.85. The van der Waals surface area contributed by atoms with E-state index < -0.39 is 17.8 Å². The molecule has 26 heavy (non-hydrogen) atoms. The Bertz CT molecular complexity index is 685. The molecule has 1 N–H and O–H groups in total. The van der Waals surface area contributed by atoms with Crippen molar-refractivity contribution in [1.82, 2.24) is 10.4 Å². The van der Waals surface area contributed by atoms with Crippen LogP contribution in [0.3, 0.4) is 0 Å². The summed E-state index contributed by atoms with van der Waals surface area (Å²) in [5.74, 6) is 0. The maximum absolute atomic E-state index is 12.8. The van der Waals surface area contributed by atoms with Gasteiger partial charge in [0.05, 0.1) is 13.7 Å². The Morgan fingerprint density at radius 2 is 2.00 bits per heavy atom. The Hall–Kier alpha value is -2.48. The molecule has 1 heterocycles. The maximum atomic E-state index is 12.8. The van der Waals surface area contributed by atoms with Crippen LogP contribution in [0.5, 0.6) is 0 Å². The average Bonchev–Trinajstić information content (AvgIpc) is 2.61. The quantitative estimate of drug-likeness (QED) is 0.798. The number of carbonyl (C=O) groups excluding carboxylic acids is 1. The highest BCUT2D eigenvalue weighted by molar-refractivity contribution is 5.68. The van der Waals surface area contributed by atoms with Crippen LogP contribution in [0, 0.1) is 0 Å². The lowest BCUT2D eigenvalue weighted by Gasteiger charge is -2.29. The molecule has 0 saturated heterocycles. The number of carbonyl (C=O) groups is 1. The molecule has 1 aromatic carbocycles. The molecule has 0 saturated carbocycles. The van der Waals surface area contributed by atoms with Crippen LogP contribution < -0.4 is 5.48 Å². The van der Waals surface area contributed by atoms with Crippen LogP contribution in [0.15, 0.2) is 53.3 Å². The first-order valence-electron chi connectivity index (χ1n) is 8.03. The number of nitrogens with one attached hydrogen (secondary N) is 1. The first kappa shape index (κ1) is 19.8. The third-order valence-corrected chi connectivity index (χ3v) is 3.91. The van der Waals surface area contributed by atoms with Crippen molar-refractivity contribution in [2.45, 2.75) is 26.1 Å². The SMILES string of the molecule is CONC1=C(/C=C(\C)C(F)(F)F)CN(C(=O)OCc2ccccc2)CC1. The third-order valence-electron chi connectivity index (χ3n) is 3.91. The highest BCUT2D eigenvalue weighted by Crippen LogP contribution is 2.28. The summed E-state index contributed by atoms with van der Waals surface area (Å²) in [5.41, 5.74) is 3.54. The van der Waals surface area contributed by atoms with Gasteiger partial charge in [-0.3, -0.25) is 10.3 Å². The minimum atomic E-state index is -4.43. The lowest BCUT2D eigenvalue weighted by Crippen LogP contribution is -2.39. The lowest BCUT2D eigenvalue weighted by molar-refractivity contribution is -0.0913. The van der Waals surface area contributed by atoms with Gasteiger partial charge in [-0.15, -0.1) is 0 Å². The van der Waals surface area contributed by atoms with Gasteiger partial charge in [0, 0.05) is 24.2 Å². The molecule has 0 aromatic heterocycles. The number of benzene rings is 1. The fourth-order valence-corrected chi connectivity index (χ4v) is 2.47. The molecule has 1 aromatic rings. The number of halogens is 3. The van der Waals surface area contributed by atoms with Gasteiger partial charge in [0.1, 0.15) is 6.61 Å². The van der Waals surface area contributed by atoms with Gasteiger partial charge in [-0.25, -0.2) is 4.79 Å². The van der Waals surface area contributed by atoms with Crippen molar-refractivity contribution in [2.75, 3.05) is 20.2 Å². The van der Waals surface area contributed by atoms with Gasteiger partial charge in [-0.05, 0) is 24.1 Å². The summed E-state index contributed by atoms with van der Waals surface area (Å²) in [4.78, 5) is 18.5. The number of nitrogens with zero attached hydrogens (tertiary/aromatic N) is 1. The molecule has 1 aliphatic rings. The minimum Gasteiger partial charge on any atom is -0.445 e. The molecule has 1 aliphatic heterocycles. The molecule has 0 radical (unpaired) electrons. The van der Waals surface area contributed by atoms with E-state index in [1.165, 1.54) is 12.0 Å². The van der Waals surface area contributed by atoms with Crippen LogP contribution in [0.25, 0.3) is 0 Å². The maximum Gasteiger partial charge on any atom is 0.412 e. The summed E-state index contributed by atoms with van der Waals surface area (Å²) in [6, 6.07) is 9.17. The Balaban J connectivity index is 2.08. The molecule has 1 amide bonds. The van der Waals surface area contributed by atoms with Crippen molar-refractivity contribution in [1.29, 1.82) is 0 Å². The fourth-order valence-electron chi connectivity index (χ4n) is 2.47. The smallest absolute Gasteiger partial charge is 0.412 e. The summed E-state index contributed by atoms with van der Waals surface area (Å²) >= 11 is 0. The topological polar surface area (TPSA) is 50.8 Å². The predicted molar refractivity (Wildman–Crippen MR) is 89.8 cm³/mol. The van der Waals surface area contributed by atoms with E-state index in [0.717, 1.165) is 18.6 Å². The molecular formula is C18H21F3N2O3. The van der Waals surface area contributed by atoms with Gasteiger partial charge in [-0.2, -0.15) is 13.2 Å². The van der Waals surface area contributed by atoms with E-state index in [1.807, 2.05) is 30.3 Å². The molecule has 2 rings (SSSR count). The van der Waals surface area contributed by atoms with Crippen LogP contribution in [-0.4, -0.2) is 37.4 Å². The molecule has 0 bridgehead atoms. The van der Waals surface area contributed by atoms with Crippen LogP contribution in [0.1, 0.15) is 18.9 Å². The van der Waals surface area contributed by atoms with Crippen LogP contribution in [0.2, 0.25) is 0 Å². The van der Waals surface area contributed by atoms with Crippen molar-refractivity contribution >= 4 is 6.09 Å². The number of hydrogen-bond acceptors (Lipinski definition) is 4. The van der Waals surface area contributed by atoms with E-state index in [0.29, 0.717) is 24.2 Å². The summed E-state index contributed by atoms with van der Waals surface area (Å²) in [5, 5.41) is 0. The minimum absolute atomic E-state index is 0.00668. The van der Waals surface area contributed by atoms with Gasteiger partial charge in [0.15, 0.2) is 0 Å². The van der Waals surface area contributed by atoms with Crippen LogP contribution >= 0.6 is 0 Å². The molecule has 8 heteroatoms. The van der Waals surface area contributed by atoms with E-state index in [-0.39, 0.29) is 13.2 Å². The van der Waals surface area contributed by atoms with Crippen molar-refractivity contribution in [3.8, 4) is 0 Å². The molecular weight excluding hydrogens is 349 g/mol. The summed E-state index contributed by atoms with van der Waals surface area (Å²) < 4.78 is 43.8. The molecule has 5 nitrogen and oxygen atoms in total. The van der Waals surface area contributed by atoms with Crippen molar-refractivity contribution in [3.63, 3.8) is 0 Å². The Morgan fingerprint density at radius 1 is 1.31 bits per heavy atom. The molecule has 0 unspecified atom stereocenters. The third kappa shape index (κ3) is 5.52. The zero-order valence-electron chi connectivity index (χ0n) is 14.6. The highest BCUT2D eigenvalue weighted by atomic mass is 19.4. The number of hydroxylamine groups is 1. The van der Waals surface area contributed by atoms with E-state index >= 15 is 0 Å². The zero-order chi connectivity index (χ0) is 19.2. The van der Waals surface area contributed by atoms with Gasteiger partial charge >= 0.3 is 12.3 Å². The van der Waals surface area contributed by atoms with E-state index in [2.05, 4.69) is 5.48 Å². The van der Waals surface area contributed by atoms with Crippen molar-refractivity contribution in [3.05, 3.63) is 58.8 Å². The van der Waals surface area contributed by atoms with Gasteiger partial charge in [0.2, 0.25) is 0 Å². The highest BCUT2D eigenvalue weighted by Gasteiger charge is 2.31. The van der Waals surface area contributed by atoms with E-state index in [1.54, 1.807) is 0 Å². The molecule has 142 valence electrons. The number of rotatable bonds is 5. The van der Waals surface area contributed by atoms with Gasteiger partial charge in [0.25, 0.3) is 0 Å². The summed E-state index contributed by atoms with van der Waals surface area (Å²) in [7, 11) is 1.38. The number of amides is 1. The van der Waals surface area contributed by atoms with Crippen LogP contribution in [-0.2, 0) is 16.2 Å². The molecule has 0 aliphatic carbocycles. The normalized spacial score (nSPS) is 15.9. The van der Waals surface area contributed by atoms with Crippen LogP contribution in [0.4, 0.5) is 18.0 Å². The summed E-state index contributed by atoms with van der Waals surface area (Å²) in [6.07, 6.45) is -3.63. The number of hydrogen-bond donors (Lipinski definition) is 1. The Kier molecular flexibility index (Phi) is 6.68. The molecule has 0 spiro atoms. The Morgan fingerprint density at radius 3 is 2.62 bits per heavy atom. The largest absolute Gasteiger partial charge is 0.445 e. The number of ether oxygens (including phenoxy) is 1. The zero-order valence-corrected chi connectivity index (χ0v) is 14.6. The van der Waals surface area contributed by atoms with Gasteiger partial charge < -0.3 is 9.64 Å². The first-order valence-corrected chi connectivity index (χ1v) is 8.03. The number of allylic oxidation sites excluding steroid dienone is 1. The van der Waals surface area contributed by atoms with E-state index in [4.69, 9.17) is 9.57 Å². The van der Waals surface area contributed by atoms with Crippen molar-refractivity contribution < 1.29 is 27.5 Å². The Labute approximate surface area is 150 Å². The standard InChI is InChI=1S/C18H21F3N2O3/c1-13(18(19,20)21)10-15-11-23(9-8-16(15)22-25-2)17(24)26-12-14-6-4-3-5-7-14/h3-7,10,22H,8-9,11-12H2,1-2H3/b13-10+. The molecule has 0 fully saturated rings. The lowest BCUT2D eigenvalue weighted by atomic mass is 10.0. The second-order valence-electron chi connectivity index (χ2n) is 5.85. The average molecular weight is 370 g/mol. The second kappa shape index (κ2) is 8.75. The number of alkyl halides is 3.